The summed E-state index contributed by atoms with van der Waals surface area (Å²) in [6.45, 7) is 2.03. The van der Waals surface area contributed by atoms with Crippen LogP contribution in [0.5, 0.6) is 5.75 Å². The number of thiophene rings is 1. The number of ether oxygens (including phenoxy) is 1. The Morgan fingerprint density at radius 2 is 2.06 bits per heavy atom. The maximum Gasteiger partial charge on any atom is 0.163 e. The Kier molecular flexibility index (Phi) is 3.97. The van der Waals surface area contributed by atoms with Crippen LogP contribution in [0.1, 0.15) is 22.2 Å². The second-order valence-corrected chi connectivity index (χ2v) is 6.09. The van der Waals surface area contributed by atoms with E-state index in [0.29, 0.717) is 17.9 Å². The Bertz CT molecular complexity index is 534. The van der Waals surface area contributed by atoms with Crippen molar-refractivity contribution in [1.82, 2.24) is 0 Å². The Hall–Kier alpha value is -1.13. The fourth-order valence-corrected chi connectivity index (χ4v) is 2.86. The van der Waals surface area contributed by atoms with E-state index in [1.807, 2.05) is 30.3 Å². The Labute approximate surface area is 112 Å². The summed E-state index contributed by atoms with van der Waals surface area (Å²) in [7, 11) is 0. The van der Waals surface area contributed by atoms with Crippen molar-refractivity contribution in [3.05, 3.63) is 50.6 Å². The summed E-state index contributed by atoms with van der Waals surface area (Å²) < 4.78 is 6.75. The molecule has 0 fully saturated rings. The molecule has 0 aliphatic heterocycles. The van der Waals surface area contributed by atoms with E-state index in [1.165, 1.54) is 0 Å². The molecule has 1 aromatic carbocycles. The summed E-state index contributed by atoms with van der Waals surface area (Å²) in [6.07, 6.45) is 0. The van der Waals surface area contributed by atoms with Crippen LogP contribution < -0.4 is 4.74 Å². The second kappa shape index (κ2) is 5.47. The summed E-state index contributed by atoms with van der Waals surface area (Å²) in [4.78, 5) is 12.5. The van der Waals surface area contributed by atoms with Crippen molar-refractivity contribution < 1.29 is 9.53 Å². The number of hydrogen-bond acceptors (Lipinski definition) is 3. The predicted octanol–water partition coefficient (Wildman–Crippen LogP) is 4.29. The minimum atomic E-state index is 0.0213. The molecule has 2 rings (SSSR count). The largest absolute Gasteiger partial charge is 0.487 e. The normalized spacial score (nSPS) is 10.2. The SMILES string of the molecule is CC(=O)c1ccccc1OCc1ccc(Br)s1. The first-order valence-corrected chi connectivity index (χ1v) is 6.75. The molecule has 88 valence electrons. The average Bonchev–Trinajstić information content (AvgIpc) is 2.73. The van der Waals surface area contributed by atoms with E-state index in [9.17, 15) is 4.79 Å². The van der Waals surface area contributed by atoms with Crippen LogP contribution in [0.25, 0.3) is 0 Å². The second-order valence-electron chi connectivity index (χ2n) is 3.55. The zero-order valence-electron chi connectivity index (χ0n) is 9.27. The molecule has 17 heavy (non-hydrogen) atoms. The topological polar surface area (TPSA) is 26.3 Å². The van der Waals surface area contributed by atoms with Gasteiger partial charge in [-0.2, -0.15) is 0 Å². The third-order valence-electron chi connectivity index (χ3n) is 2.27. The van der Waals surface area contributed by atoms with Gasteiger partial charge in [0, 0.05) is 4.88 Å². The van der Waals surface area contributed by atoms with Crippen LogP contribution in [-0.4, -0.2) is 5.78 Å². The third-order valence-corrected chi connectivity index (χ3v) is 3.86. The highest BCUT2D eigenvalue weighted by atomic mass is 79.9. The first-order chi connectivity index (χ1) is 8.16. The molecule has 1 heterocycles. The predicted molar refractivity (Wildman–Crippen MR) is 72.8 cm³/mol. The lowest BCUT2D eigenvalue weighted by Gasteiger charge is -2.08. The average molecular weight is 311 g/mol. The molecular weight excluding hydrogens is 300 g/mol. The first kappa shape index (κ1) is 12.3. The van der Waals surface area contributed by atoms with Crippen LogP contribution in [0, 0.1) is 0 Å². The molecule has 4 heteroatoms. The van der Waals surface area contributed by atoms with Crippen LogP contribution in [0.3, 0.4) is 0 Å². The van der Waals surface area contributed by atoms with Gasteiger partial charge in [0.2, 0.25) is 0 Å². The number of para-hydroxylation sites is 1. The van der Waals surface area contributed by atoms with Crippen molar-refractivity contribution in [3.63, 3.8) is 0 Å². The number of benzene rings is 1. The summed E-state index contributed by atoms with van der Waals surface area (Å²) >= 11 is 5.03. The molecule has 0 saturated heterocycles. The standard InChI is InChI=1S/C13H11BrO2S/c1-9(15)11-4-2-3-5-12(11)16-8-10-6-7-13(14)17-10/h2-7H,8H2,1H3. The van der Waals surface area contributed by atoms with E-state index in [-0.39, 0.29) is 5.78 Å². The Morgan fingerprint density at radius 3 is 2.71 bits per heavy atom. The van der Waals surface area contributed by atoms with Crippen LogP contribution >= 0.6 is 27.3 Å². The quantitative estimate of drug-likeness (QED) is 0.787. The number of halogens is 1. The molecule has 0 N–H and O–H groups in total. The van der Waals surface area contributed by atoms with Crippen molar-refractivity contribution in [3.8, 4) is 5.75 Å². The van der Waals surface area contributed by atoms with Crippen LogP contribution in [0.4, 0.5) is 0 Å². The third kappa shape index (κ3) is 3.17. The smallest absolute Gasteiger partial charge is 0.163 e. The number of ketones is 1. The highest BCUT2D eigenvalue weighted by molar-refractivity contribution is 9.11. The summed E-state index contributed by atoms with van der Waals surface area (Å²) in [6, 6.07) is 11.3. The fourth-order valence-electron chi connectivity index (χ4n) is 1.46. The van der Waals surface area contributed by atoms with E-state index in [0.717, 1.165) is 8.66 Å². The lowest BCUT2D eigenvalue weighted by molar-refractivity contribution is 0.101. The van der Waals surface area contributed by atoms with Gasteiger partial charge in [-0.3, -0.25) is 4.79 Å². The lowest BCUT2D eigenvalue weighted by atomic mass is 10.1. The molecule has 0 unspecified atom stereocenters. The summed E-state index contributed by atoms with van der Waals surface area (Å²) in [5, 5.41) is 0. The highest BCUT2D eigenvalue weighted by Gasteiger charge is 2.07. The maximum atomic E-state index is 11.4. The van der Waals surface area contributed by atoms with Gasteiger partial charge in [0.1, 0.15) is 12.4 Å². The van der Waals surface area contributed by atoms with E-state index in [1.54, 1.807) is 24.3 Å². The number of carbonyl (C=O) groups excluding carboxylic acids is 1. The molecule has 0 amide bonds. The number of Topliss-reactive ketones (excluding diaryl/α,β-unsaturated/α-hetero) is 1. The maximum absolute atomic E-state index is 11.4. The minimum absolute atomic E-state index is 0.0213. The molecule has 0 radical (unpaired) electrons. The Morgan fingerprint density at radius 1 is 1.29 bits per heavy atom. The van der Waals surface area contributed by atoms with Crippen LogP contribution in [0.2, 0.25) is 0 Å². The molecule has 0 aliphatic carbocycles. The number of hydrogen-bond donors (Lipinski definition) is 0. The van der Waals surface area contributed by atoms with Gasteiger partial charge in [0.05, 0.1) is 9.35 Å². The van der Waals surface area contributed by atoms with Gasteiger partial charge in [-0.25, -0.2) is 0 Å². The van der Waals surface area contributed by atoms with Crippen molar-refractivity contribution in [1.29, 1.82) is 0 Å². The Balaban J connectivity index is 2.11. The van der Waals surface area contributed by atoms with Gasteiger partial charge >= 0.3 is 0 Å². The number of rotatable bonds is 4. The van der Waals surface area contributed by atoms with Crippen LogP contribution in [0.15, 0.2) is 40.2 Å². The molecule has 0 atom stereocenters. The molecule has 0 saturated carbocycles. The van der Waals surface area contributed by atoms with E-state index in [2.05, 4.69) is 15.9 Å². The van der Waals surface area contributed by atoms with Gasteiger partial charge < -0.3 is 4.74 Å². The van der Waals surface area contributed by atoms with Gasteiger partial charge in [0.25, 0.3) is 0 Å². The van der Waals surface area contributed by atoms with E-state index in [4.69, 9.17) is 4.74 Å². The molecule has 0 aliphatic rings. The molecular formula is C13H11BrO2S. The fraction of sp³-hybridized carbons (Fsp3) is 0.154. The monoisotopic (exact) mass is 310 g/mol. The van der Waals surface area contributed by atoms with Gasteiger partial charge in [-0.15, -0.1) is 11.3 Å². The van der Waals surface area contributed by atoms with Gasteiger partial charge in [-0.05, 0) is 47.1 Å². The molecule has 2 aromatic rings. The summed E-state index contributed by atoms with van der Waals surface area (Å²) in [5.41, 5.74) is 0.628. The lowest BCUT2D eigenvalue weighted by Crippen LogP contribution is -2.00. The zero-order valence-corrected chi connectivity index (χ0v) is 11.7. The molecule has 1 aromatic heterocycles. The molecule has 2 nitrogen and oxygen atoms in total. The minimum Gasteiger partial charge on any atom is -0.487 e. The van der Waals surface area contributed by atoms with Crippen molar-refractivity contribution in [2.24, 2.45) is 0 Å². The highest BCUT2D eigenvalue weighted by Crippen LogP contribution is 2.25. The summed E-state index contributed by atoms with van der Waals surface area (Å²) in [5.74, 6) is 0.664. The van der Waals surface area contributed by atoms with Crippen molar-refractivity contribution in [2.75, 3.05) is 0 Å². The van der Waals surface area contributed by atoms with E-state index < -0.39 is 0 Å². The van der Waals surface area contributed by atoms with E-state index >= 15 is 0 Å². The van der Waals surface area contributed by atoms with Crippen molar-refractivity contribution >= 4 is 33.0 Å². The van der Waals surface area contributed by atoms with Gasteiger partial charge in [-0.1, -0.05) is 12.1 Å². The first-order valence-electron chi connectivity index (χ1n) is 5.14. The van der Waals surface area contributed by atoms with Gasteiger partial charge in [0.15, 0.2) is 5.78 Å². The van der Waals surface area contributed by atoms with Crippen molar-refractivity contribution in [2.45, 2.75) is 13.5 Å². The molecule has 0 bridgehead atoms. The van der Waals surface area contributed by atoms with Crippen LogP contribution in [-0.2, 0) is 6.61 Å². The molecule has 0 spiro atoms. The number of carbonyl (C=O) groups is 1. The zero-order chi connectivity index (χ0) is 12.3.